The van der Waals surface area contributed by atoms with Gasteiger partial charge in [-0.1, -0.05) is 12.1 Å². The fourth-order valence-electron chi connectivity index (χ4n) is 1.48. The Balaban J connectivity index is 2.61. The molecule has 4 nitrogen and oxygen atoms in total. The van der Waals surface area contributed by atoms with E-state index in [1.165, 1.54) is 17.0 Å². The van der Waals surface area contributed by atoms with E-state index in [2.05, 4.69) is 4.74 Å². The Hall–Kier alpha value is -1.69. The Kier molecular flexibility index (Phi) is 5.03. The van der Waals surface area contributed by atoms with Gasteiger partial charge in [-0.2, -0.15) is 8.78 Å². The molecule has 1 rings (SSSR count). The van der Waals surface area contributed by atoms with Crippen LogP contribution in [0.5, 0.6) is 5.75 Å². The molecule has 0 spiro atoms. The molecule has 0 saturated carbocycles. The highest BCUT2D eigenvalue weighted by atomic mass is 19.3. The van der Waals surface area contributed by atoms with E-state index in [0.717, 1.165) is 5.56 Å². The number of benzene rings is 1. The van der Waals surface area contributed by atoms with Gasteiger partial charge >= 0.3 is 6.61 Å². The summed E-state index contributed by atoms with van der Waals surface area (Å²) >= 11 is 0. The zero-order valence-corrected chi connectivity index (χ0v) is 10.3. The van der Waals surface area contributed by atoms with Crippen molar-refractivity contribution in [2.24, 2.45) is 5.73 Å². The molecule has 1 unspecified atom stereocenters. The fraction of sp³-hybridized carbons (Fsp3) is 0.417. The van der Waals surface area contributed by atoms with Gasteiger partial charge in [0.25, 0.3) is 0 Å². The first kappa shape index (κ1) is 14.4. The van der Waals surface area contributed by atoms with Crippen LogP contribution in [-0.2, 0) is 11.3 Å². The van der Waals surface area contributed by atoms with Crippen LogP contribution in [-0.4, -0.2) is 30.5 Å². The zero-order chi connectivity index (χ0) is 13.7. The van der Waals surface area contributed by atoms with Crippen LogP contribution in [0.2, 0.25) is 0 Å². The molecule has 18 heavy (non-hydrogen) atoms. The molecular formula is C12H16F2N2O2. The lowest BCUT2D eigenvalue weighted by molar-refractivity contribution is -0.131. The van der Waals surface area contributed by atoms with E-state index < -0.39 is 12.7 Å². The van der Waals surface area contributed by atoms with Crippen LogP contribution in [0.3, 0.4) is 0 Å². The van der Waals surface area contributed by atoms with Gasteiger partial charge in [0.1, 0.15) is 5.75 Å². The summed E-state index contributed by atoms with van der Waals surface area (Å²) in [5.74, 6) is -0.0853. The van der Waals surface area contributed by atoms with Gasteiger partial charge in [-0.3, -0.25) is 4.79 Å². The summed E-state index contributed by atoms with van der Waals surface area (Å²) in [5.41, 5.74) is 6.29. The number of halogens is 2. The van der Waals surface area contributed by atoms with Gasteiger partial charge in [0.15, 0.2) is 0 Å². The molecule has 0 aliphatic rings. The molecule has 0 radical (unpaired) electrons. The summed E-state index contributed by atoms with van der Waals surface area (Å²) < 4.78 is 28.1. The summed E-state index contributed by atoms with van der Waals surface area (Å²) in [6.07, 6.45) is 0. The van der Waals surface area contributed by atoms with Crippen LogP contribution in [0.25, 0.3) is 0 Å². The predicted molar refractivity (Wildman–Crippen MR) is 63.2 cm³/mol. The number of carbonyl (C=O) groups is 1. The Bertz CT molecular complexity index is 394. The van der Waals surface area contributed by atoms with Crippen molar-refractivity contribution in [1.29, 1.82) is 0 Å². The fourth-order valence-corrected chi connectivity index (χ4v) is 1.48. The molecule has 1 aromatic rings. The Morgan fingerprint density at radius 2 is 1.94 bits per heavy atom. The number of nitrogens with zero attached hydrogens (tertiary/aromatic N) is 1. The molecule has 0 aliphatic heterocycles. The highest BCUT2D eigenvalue weighted by Crippen LogP contribution is 2.15. The van der Waals surface area contributed by atoms with Crippen LogP contribution in [0.15, 0.2) is 24.3 Å². The van der Waals surface area contributed by atoms with Gasteiger partial charge in [-0.05, 0) is 24.6 Å². The Morgan fingerprint density at radius 3 is 2.39 bits per heavy atom. The molecule has 0 fully saturated rings. The molecule has 0 heterocycles. The minimum absolute atomic E-state index is 0.0925. The number of amides is 1. The third-order valence-electron chi connectivity index (χ3n) is 2.33. The van der Waals surface area contributed by atoms with Gasteiger partial charge in [-0.15, -0.1) is 0 Å². The summed E-state index contributed by atoms with van der Waals surface area (Å²) in [5, 5.41) is 0. The second-order valence-corrected chi connectivity index (χ2v) is 4.01. The Labute approximate surface area is 104 Å². The molecule has 6 heteroatoms. The van der Waals surface area contributed by atoms with Crippen molar-refractivity contribution < 1.29 is 18.3 Å². The van der Waals surface area contributed by atoms with E-state index in [1.54, 1.807) is 26.1 Å². The third kappa shape index (κ3) is 4.29. The van der Waals surface area contributed by atoms with E-state index in [9.17, 15) is 13.6 Å². The number of nitrogens with two attached hydrogens (primary N) is 1. The monoisotopic (exact) mass is 258 g/mol. The smallest absolute Gasteiger partial charge is 0.387 e. The van der Waals surface area contributed by atoms with Crippen LogP contribution >= 0.6 is 0 Å². The van der Waals surface area contributed by atoms with Crippen molar-refractivity contribution in [3.05, 3.63) is 29.8 Å². The van der Waals surface area contributed by atoms with Crippen LogP contribution in [0.4, 0.5) is 8.78 Å². The van der Waals surface area contributed by atoms with Gasteiger partial charge in [0.2, 0.25) is 5.91 Å². The first-order chi connectivity index (χ1) is 8.40. The van der Waals surface area contributed by atoms with Crippen molar-refractivity contribution in [2.45, 2.75) is 26.1 Å². The van der Waals surface area contributed by atoms with Crippen molar-refractivity contribution in [3.63, 3.8) is 0 Å². The van der Waals surface area contributed by atoms with Crippen LogP contribution < -0.4 is 10.5 Å². The topological polar surface area (TPSA) is 55.6 Å². The summed E-state index contributed by atoms with van der Waals surface area (Å²) in [6.45, 7) is -0.855. The van der Waals surface area contributed by atoms with Gasteiger partial charge in [0, 0.05) is 13.6 Å². The zero-order valence-electron chi connectivity index (χ0n) is 10.3. The lowest BCUT2D eigenvalue weighted by Gasteiger charge is -2.19. The molecular weight excluding hydrogens is 242 g/mol. The largest absolute Gasteiger partial charge is 0.435 e. The summed E-state index contributed by atoms with van der Waals surface area (Å²) in [6, 6.07) is 5.57. The standard InChI is InChI=1S/C12H16F2N2O2/c1-8(15)11(17)16(2)7-9-3-5-10(6-4-9)18-12(13)14/h3-6,8,12H,7,15H2,1-2H3. The minimum Gasteiger partial charge on any atom is -0.435 e. The molecule has 0 saturated heterocycles. The third-order valence-corrected chi connectivity index (χ3v) is 2.33. The number of hydrogen-bond acceptors (Lipinski definition) is 3. The molecule has 1 atom stereocenters. The van der Waals surface area contributed by atoms with Crippen molar-refractivity contribution in [3.8, 4) is 5.75 Å². The Morgan fingerprint density at radius 1 is 1.39 bits per heavy atom. The van der Waals surface area contributed by atoms with Crippen LogP contribution in [0, 0.1) is 0 Å². The number of carbonyl (C=O) groups excluding carboxylic acids is 1. The lowest BCUT2D eigenvalue weighted by atomic mass is 10.2. The highest BCUT2D eigenvalue weighted by molar-refractivity contribution is 5.80. The lowest BCUT2D eigenvalue weighted by Crippen LogP contribution is -2.39. The second kappa shape index (κ2) is 6.30. The highest BCUT2D eigenvalue weighted by Gasteiger charge is 2.13. The summed E-state index contributed by atoms with van der Waals surface area (Å²) in [7, 11) is 1.63. The number of ether oxygens (including phenoxy) is 1. The SMILES string of the molecule is CC(N)C(=O)N(C)Cc1ccc(OC(F)F)cc1. The summed E-state index contributed by atoms with van der Waals surface area (Å²) in [4.78, 5) is 13.0. The average molecular weight is 258 g/mol. The number of hydrogen-bond donors (Lipinski definition) is 1. The van der Waals surface area contributed by atoms with Crippen LogP contribution in [0.1, 0.15) is 12.5 Å². The van der Waals surface area contributed by atoms with E-state index >= 15 is 0 Å². The second-order valence-electron chi connectivity index (χ2n) is 4.01. The molecule has 0 aliphatic carbocycles. The molecule has 2 N–H and O–H groups in total. The molecule has 100 valence electrons. The van der Waals surface area contributed by atoms with Crippen molar-refractivity contribution in [1.82, 2.24) is 4.90 Å². The van der Waals surface area contributed by atoms with E-state index in [-0.39, 0.29) is 11.7 Å². The van der Waals surface area contributed by atoms with Gasteiger partial charge in [0.05, 0.1) is 6.04 Å². The molecule has 1 aromatic carbocycles. The van der Waals surface area contributed by atoms with Gasteiger partial charge < -0.3 is 15.4 Å². The van der Waals surface area contributed by atoms with E-state index in [0.29, 0.717) is 6.54 Å². The maximum absolute atomic E-state index is 11.9. The normalized spacial score (nSPS) is 12.3. The van der Waals surface area contributed by atoms with Crippen molar-refractivity contribution >= 4 is 5.91 Å². The van der Waals surface area contributed by atoms with E-state index in [4.69, 9.17) is 5.73 Å². The average Bonchev–Trinajstić information content (AvgIpc) is 2.29. The number of rotatable bonds is 5. The quantitative estimate of drug-likeness (QED) is 0.872. The predicted octanol–water partition coefficient (Wildman–Crippen LogP) is 1.59. The van der Waals surface area contributed by atoms with Gasteiger partial charge in [-0.25, -0.2) is 0 Å². The minimum atomic E-state index is -2.84. The first-order valence-corrected chi connectivity index (χ1v) is 5.44. The number of likely N-dealkylation sites (N-methyl/N-ethyl adjacent to an activating group) is 1. The maximum atomic E-state index is 11.9. The molecule has 0 bridgehead atoms. The number of alkyl halides is 2. The first-order valence-electron chi connectivity index (χ1n) is 5.44. The molecule has 0 aromatic heterocycles. The maximum Gasteiger partial charge on any atom is 0.387 e. The van der Waals surface area contributed by atoms with E-state index in [1.807, 2.05) is 0 Å². The van der Waals surface area contributed by atoms with Crippen molar-refractivity contribution in [2.75, 3.05) is 7.05 Å². The molecule has 1 amide bonds.